The van der Waals surface area contributed by atoms with Crippen LogP contribution < -0.4 is 5.32 Å². The minimum Gasteiger partial charge on any atom is -0.440 e. The van der Waals surface area contributed by atoms with E-state index in [1.54, 1.807) is 12.4 Å². The topological polar surface area (TPSA) is 51.0 Å². The van der Waals surface area contributed by atoms with Gasteiger partial charge in [-0.05, 0) is 48.7 Å². The van der Waals surface area contributed by atoms with Crippen molar-refractivity contribution in [3.63, 3.8) is 0 Å². The van der Waals surface area contributed by atoms with Crippen molar-refractivity contribution in [3.8, 4) is 0 Å². The molecular formula is C16H15N3O. The van der Waals surface area contributed by atoms with Gasteiger partial charge in [0.05, 0.1) is 0 Å². The molecule has 2 heterocycles. The van der Waals surface area contributed by atoms with Gasteiger partial charge in [-0.2, -0.15) is 0 Å². The Labute approximate surface area is 116 Å². The molecule has 4 nitrogen and oxygen atoms in total. The van der Waals surface area contributed by atoms with E-state index in [0.717, 1.165) is 29.2 Å². The van der Waals surface area contributed by atoms with E-state index in [1.165, 1.54) is 18.4 Å². The van der Waals surface area contributed by atoms with E-state index in [0.29, 0.717) is 5.92 Å². The number of oxazole rings is 1. The Hall–Kier alpha value is -2.36. The average Bonchev–Trinajstić information content (AvgIpc) is 3.26. The Bertz CT molecular complexity index is 732. The van der Waals surface area contributed by atoms with Crippen molar-refractivity contribution in [2.24, 2.45) is 0 Å². The predicted octanol–water partition coefficient (Wildman–Crippen LogP) is 3.71. The van der Waals surface area contributed by atoms with Crippen molar-refractivity contribution >= 4 is 16.8 Å². The summed E-state index contributed by atoms with van der Waals surface area (Å²) in [6.45, 7) is 0.779. The van der Waals surface area contributed by atoms with Crippen LogP contribution in [0.1, 0.15) is 30.2 Å². The van der Waals surface area contributed by atoms with Gasteiger partial charge in [-0.1, -0.05) is 0 Å². The molecule has 0 atom stereocenters. The first-order valence-corrected chi connectivity index (χ1v) is 6.92. The van der Waals surface area contributed by atoms with Crippen LogP contribution in [0.25, 0.3) is 11.1 Å². The van der Waals surface area contributed by atoms with Gasteiger partial charge in [0.2, 0.25) is 0 Å². The molecule has 0 saturated heterocycles. The van der Waals surface area contributed by atoms with Crippen LogP contribution in [-0.2, 0) is 6.54 Å². The lowest BCUT2D eigenvalue weighted by atomic mass is 10.2. The molecule has 100 valence electrons. The standard InChI is InChI=1S/C16H15N3O/c1-2-12(1)16-19-14-9-13(3-4-15(14)20-16)18-10-11-5-7-17-8-6-11/h3-9,12,18H,1-2,10H2. The lowest BCUT2D eigenvalue weighted by Crippen LogP contribution is -1.98. The van der Waals surface area contributed by atoms with Gasteiger partial charge in [0, 0.05) is 30.5 Å². The maximum atomic E-state index is 5.76. The van der Waals surface area contributed by atoms with Crippen LogP contribution in [0.3, 0.4) is 0 Å². The van der Waals surface area contributed by atoms with Crippen molar-refractivity contribution in [1.82, 2.24) is 9.97 Å². The van der Waals surface area contributed by atoms with Gasteiger partial charge >= 0.3 is 0 Å². The number of hydrogen-bond acceptors (Lipinski definition) is 4. The zero-order chi connectivity index (χ0) is 13.4. The van der Waals surface area contributed by atoms with Crippen LogP contribution in [0.5, 0.6) is 0 Å². The maximum Gasteiger partial charge on any atom is 0.198 e. The molecule has 4 rings (SSSR count). The minimum atomic E-state index is 0.552. The number of nitrogens with zero attached hydrogens (tertiary/aromatic N) is 2. The Kier molecular flexibility index (Phi) is 2.66. The summed E-state index contributed by atoms with van der Waals surface area (Å²) in [5.41, 5.74) is 4.08. The fourth-order valence-corrected chi connectivity index (χ4v) is 2.26. The monoisotopic (exact) mass is 265 g/mol. The average molecular weight is 265 g/mol. The second-order valence-electron chi connectivity index (χ2n) is 5.22. The van der Waals surface area contributed by atoms with Gasteiger partial charge in [0.15, 0.2) is 11.5 Å². The van der Waals surface area contributed by atoms with Crippen LogP contribution in [0.4, 0.5) is 5.69 Å². The third-order valence-corrected chi connectivity index (χ3v) is 3.58. The van der Waals surface area contributed by atoms with Crippen molar-refractivity contribution in [3.05, 3.63) is 54.2 Å². The maximum absolute atomic E-state index is 5.76. The Morgan fingerprint density at radius 3 is 2.80 bits per heavy atom. The fourth-order valence-electron chi connectivity index (χ4n) is 2.26. The largest absolute Gasteiger partial charge is 0.440 e. The molecular weight excluding hydrogens is 250 g/mol. The third-order valence-electron chi connectivity index (χ3n) is 3.58. The zero-order valence-electron chi connectivity index (χ0n) is 11.0. The Morgan fingerprint density at radius 2 is 2.00 bits per heavy atom. The molecule has 1 aliphatic rings. The van der Waals surface area contributed by atoms with Crippen LogP contribution in [0.15, 0.2) is 47.1 Å². The molecule has 1 aromatic carbocycles. The van der Waals surface area contributed by atoms with Gasteiger partial charge in [-0.25, -0.2) is 4.98 Å². The molecule has 0 unspecified atom stereocenters. The van der Waals surface area contributed by atoms with Crippen LogP contribution in [-0.4, -0.2) is 9.97 Å². The summed E-state index contributed by atoms with van der Waals surface area (Å²) in [5.74, 6) is 1.45. The van der Waals surface area contributed by atoms with Crippen LogP contribution >= 0.6 is 0 Å². The summed E-state index contributed by atoms with van der Waals surface area (Å²) in [7, 11) is 0. The van der Waals surface area contributed by atoms with Crippen molar-refractivity contribution in [1.29, 1.82) is 0 Å². The molecule has 0 spiro atoms. The first kappa shape index (κ1) is 11.5. The molecule has 0 aliphatic heterocycles. The van der Waals surface area contributed by atoms with E-state index >= 15 is 0 Å². The predicted molar refractivity (Wildman–Crippen MR) is 77.5 cm³/mol. The highest BCUT2D eigenvalue weighted by Gasteiger charge is 2.28. The number of anilines is 1. The van der Waals surface area contributed by atoms with E-state index in [2.05, 4.69) is 15.3 Å². The highest BCUT2D eigenvalue weighted by molar-refractivity contribution is 5.77. The normalized spacial score (nSPS) is 14.6. The third kappa shape index (κ3) is 2.25. The van der Waals surface area contributed by atoms with Crippen molar-refractivity contribution < 1.29 is 4.42 Å². The number of aromatic nitrogens is 2. The molecule has 1 aliphatic carbocycles. The molecule has 1 saturated carbocycles. The quantitative estimate of drug-likeness (QED) is 0.781. The number of rotatable bonds is 4. The molecule has 1 fully saturated rings. The number of pyridine rings is 1. The summed E-state index contributed by atoms with van der Waals surface area (Å²) in [5, 5.41) is 3.40. The molecule has 4 heteroatoms. The number of benzene rings is 1. The van der Waals surface area contributed by atoms with E-state index in [4.69, 9.17) is 4.42 Å². The molecule has 3 aromatic rings. The molecule has 0 radical (unpaired) electrons. The Morgan fingerprint density at radius 1 is 1.15 bits per heavy atom. The number of fused-ring (bicyclic) bond motifs is 1. The van der Waals surface area contributed by atoms with Gasteiger partial charge < -0.3 is 9.73 Å². The SMILES string of the molecule is c1cc(CNc2ccc3oc(C4CC4)nc3c2)ccn1. The smallest absolute Gasteiger partial charge is 0.198 e. The van der Waals surface area contributed by atoms with E-state index < -0.39 is 0 Å². The second-order valence-corrected chi connectivity index (χ2v) is 5.22. The van der Waals surface area contributed by atoms with Crippen LogP contribution in [0.2, 0.25) is 0 Å². The first-order valence-electron chi connectivity index (χ1n) is 6.92. The lowest BCUT2D eigenvalue weighted by Gasteiger charge is -2.05. The first-order chi connectivity index (χ1) is 9.88. The summed E-state index contributed by atoms with van der Waals surface area (Å²) in [6.07, 6.45) is 6.03. The minimum absolute atomic E-state index is 0.552. The fraction of sp³-hybridized carbons (Fsp3) is 0.250. The molecule has 0 amide bonds. The van der Waals surface area contributed by atoms with Crippen LogP contribution in [0, 0.1) is 0 Å². The Balaban J connectivity index is 1.54. The van der Waals surface area contributed by atoms with Gasteiger partial charge in [0.25, 0.3) is 0 Å². The highest BCUT2D eigenvalue weighted by atomic mass is 16.3. The van der Waals surface area contributed by atoms with Gasteiger partial charge in [0.1, 0.15) is 5.52 Å². The number of nitrogens with one attached hydrogen (secondary N) is 1. The van der Waals surface area contributed by atoms with Crippen molar-refractivity contribution in [2.45, 2.75) is 25.3 Å². The van der Waals surface area contributed by atoms with E-state index in [9.17, 15) is 0 Å². The molecule has 1 N–H and O–H groups in total. The highest BCUT2D eigenvalue weighted by Crippen LogP contribution is 2.40. The van der Waals surface area contributed by atoms with E-state index in [1.807, 2.05) is 30.3 Å². The van der Waals surface area contributed by atoms with Crippen molar-refractivity contribution in [2.75, 3.05) is 5.32 Å². The summed E-state index contributed by atoms with van der Waals surface area (Å²) in [4.78, 5) is 8.59. The second kappa shape index (κ2) is 4.63. The molecule has 20 heavy (non-hydrogen) atoms. The number of hydrogen-bond donors (Lipinski definition) is 1. The molecule has 2 aromatic heterocycles. The summed E-state index contributed by atoms with van der Waals surface area (Å²) >= 11 is 0. The molecule has 0 bridgehead atoms. The zero-order valence-corrected chi connectivity index (χ0v) is 11.0. The summed E-state index contributed by atoms with van der Waals surface area (Å²) < 4.78 is 5.76. The lowest BCUT2D eigenvalue weighted by molar-refractivity contribution is 0.533. The summed E-state index contributed by atoms with van der Waals surface area (Å²) in [6, 6.07) is 10.1. The van der Waals surface area contributed by atoms with Gasteiger partial charge in [-0.3, -0.25) is 4.98 Å². The van der Waals surface area contributed by atoms with E-state index in [-0.39, 0.29) is 0 Å². The van der Waals surface area contributed by atoms with Gasteiger partial charge in [-0.15, -0.1) is 0 Å².